The summed E-state index contributed by atoms with van der Waals surface area (Å²) in [7, 11) is 0. The molecule has 1 heterocycles. The Morgan fingerprint density at radius 2 is 1.92 bits per heavy atom. The van der Waals surface area contributed by atoms with E-state index in [2.05, 4.69) is 10.6 Å². The van der Waals surface area contributed by atoms with Gasteiger partial charge in [0.05, 0.1) is 12.1 Å². The Labute approximate surface area is 141 Å². The molecule has 0 aliphatic carbocycles. The predicted octanol–water partition coefficient (Wildman–Crippen LogP) is 1.64. The van der Waals surface area contributed by atoms with Gasteiger partial charge in [-0.15, -0.1) is 0 Å². The van der Waals surface area contributed by atoms with Crippen LogP contribution in [-0.4, -0.2) is 42.0 Å². The average molecular weight is 326 g/mol. The first kappa shape index (κ1) is 16.6. The van der Waals surface area contributed by atoms with Crippen LogP contribution in [0.2, 0.25) is 0 Å². The van der Waals surface area contributed by atoms with Crippen LogP contribution in [0.1, 0.15) is 29.6 Å². The van der Waals surface area contributed by atoms with Crippen LogP contribution in [-0.2, 0) is 4.79 Å². The number of benzene rings is 2. The number of ketones is 1. The molecule has 0 saturated carbocycles. The molecule has 2 aromatic carbocycles. The maximum absolute atomic E-state index is 12.5. The fourth-order valence-electron chi connectivity index (χ4n) is 3.12. The number of rotatable bonds is 5. The lowest BCUT2D eigenvalue weighted by molar-refractivity contribution is -0.122. The van der Waals surface area contributed by atoms with Crippen molar-refractivity contribution in [2.45, 2.75) is 31.4 Å². The maximum atomic E-state index is 12.5. The standard InChI is InChI=1S/C19H22N2O3/c22-17(15-7-3-5-13-4-1-2-6-14(13)15)8-9-19(24)21-16-10-11-20-12-18(16)23/h1-7,16,18,20,23H,8-12H2,(H,21,24)/t16-,18-/m1/s1. The zero-order valence-corrected chi connectivity index (χ0v) is 13.5. The van der Waals surface area contributed by atoms with Gasteiger partial charge in [0.1, 0.15) is 0 Å². The van der Waals surface area contributed by atoms with Gasteiger partial charge >= 0.3 is 0 Å². The molecular weight excluding hydrogens is 304 g/mol. The highest BCUT2D eigenvalue weighted by Gasteiger charge is 2.24. The van der Waals surface area contributed by atoms with E-state index >= 15 is 0 Å². The number of β-amino-alcohol motifs (C(OH)–C–C–N with tert-alkyl or cyclic N) is 1. The molecule has 0 unspecified atom stereocenters. The quantitative estimate of drug-likeness (QED) is 0.730. The predicted molar refractivity (Wildman–Crippen MR) is 92.9 cm³/mol. The fourth-order valence-corrected chi connectivity index (χ4v) is 3.12. The number of hydrogen-bond donors (Lipinski definition) is 3. The molecule has 24 heavy (non-hydrogen) atoms. The van der Waals surface area contributed by atoms with E-state index in [-0.39, 0.29) is 30.6 Å². The van der Waals surface area contributed by atoms with Crippen LogP contribution in [0.15, 0.2) is 42.5 Å². The SMILES string of the molecule is O=C(CCC(=O)c1cccc2ccccc12)N[C@@H]1CCNC[C@H]1O. The second-order valence-electron chi connectivity index (χ2n) is 6.18. The van der Waals surface area contributed by atoms with Gasteiger partial charge in [0.25, 0.3) is 0 Å². The zero-order valence-electron chi connectivity index (χ0n) is 13.5. The summed E-state index contributed by atoms with van der Waals surface area (Å²) < 4.78 is 0. The van der Waals surface area contributed by atoms with Crippen molar-refractivity contribution in [2.24, 2.45) is 0 Å². The minimum absolute atomic E-state index is 0.0344. The number of hydrogen-bond acceptors (Lipinski definition) is 4. The van der Waals surface area contributed by atoms with Crippen LogP contribution in [0.4, 0.5) is 0 Å². The van der Waals surface area contributed by atoms with Gasteiger partial charge in [-0.25, -0.2) is 0 Å². The van der Waals surface area contributed by atoms with Crippen molar-refractivity contribution in [3.8, 4) is 0 Å². The van der Waals surface area contributed by atoms with E-state index in [1.54, 1.807) is 6.07 Å². The van der Waals surface area contributed by atoms with Crippen molar-refractivity contribution in [2.75, 3.05) is 13.1 Å². The Bertz CT molecular complexity index is 739. The first-order valence-electron chi connectivity index (χ1n) is 8.34. The highest BCUT2D eigenvalue weighted by atomic mass is 16.3. The summed E-state index contributed by atoms with van der Waals surface area (Å²) in [4.78, 5) is 24.5. The van der Waals surface area contributed by atoms with Gasteiger partial charge in [-0.3, -0.25) is 9.59 Å². The summed E-state index contributed by atoms with van der Waals surface area (Å²) in [5.41, 5.74) is 0.655. The van der Waals surface area contributed by atoms with Gasteiger partial charge in [0, 0.05) is 24.9 Å². The molecule has 1 amide bonds. The largest absolute Gasteiger partial charge is 0.390 e. The monoisotopic (exact) mass is 326 g/mol. The Hall–Kier alpha value is -2.24. The number of carbonyl (C=O) groups excluding carboxylic acids is 2. The second-order valence-corrected chi connectivity index (χ2v) is 6.18. The van der Waals surface area contributed by atoms with E-state index in [9.17, 15) is 14.7 Å². The van der Waals surface area contributed by atoms with E-state index in [1.165, 1.54) is 0 Å². The number of carbonyl (C=O) groups is 2. The summed E-state index contributed by atoms with van der Waals surface area (Å²) in [6, 6.07) is 13.1. The summed E-state index contributed by atoms with van der Waals surface area (Å²) in [5.74, 6) is -0.220. The summed E-state index contributed by atoms with van der Waals surface area (Å²) in [6.07, 6.45) is 0.431. The lowest BCUT2D eigenvalue weighted by Crippen LogP contribution is -2.52. The highest BCUT2D eigenvalue weighted by Crippen LogP contribution is 2.20. The topological polar surface area (TPSA) is 78.4 Å². The molecule has 0 radical (unpaired) electrons. The number of Topliss-reactive ketones (excluding diaryl/α,β-unsaturated/α-hetero) is 1. The molecule has 5 heteroatoms. The molecule has 5 nitrogen and oxygen atoms in total. The summed E-state index contributed by atoms with van der Waals surface area (Å²) in [6.45, 7) is 1.26. The Balaban J connectivity index is 1.59. The molecule has 1 fully saturated rings. The van der Waals surface area contributed by atoms with Crippen molar-refractivity contribution in [3.05, 3.63) is 48.0 Å². The Morgan fingerprint density at radius 3 is 2.75 bits per heavy atom. The number of nitrogens with one attached hydrogen (secondary N) is 2. The van der Waals surface area contributed by atoms with E-state index in [1.807, 2.05) is 36.4 Å². The summed E-state index contributed by atoms with van der Waals surface area (Å²) in [5, 5.41) is 17.7. The molecule has 1 aliphatic heterocycles. The molecule has 1 aliphatic rings. The number of fused-ring (bicyclic) bond motifs is 1. The third-order valence-corrected chi connectivity index (χ3v) is 4.47. The first-order valence-corrected chi connectivity index (χ1v) is 8.34. The van der Waals surface area contributed by atoms with Gasteiger partial charge in [-0.2, -0.15) is 0 Å². The third kappa shape index (κ3) is 3.80. The molecule has 126 valence electrons. The van der Waals surface area contributed by atoms with Gasteiger partial charge in [-0.1, -0.05) is 42.5 Å². The fraction of sp³-hybridized carbons (Fsp3) is 0.368. The number of aliphatic hydroxyl groups is 1. The molecule has 3 N–H and O–H groups in total. The van der Waals surface area contributed by atoms with Crippen LogP contribution in [0.25, 0.3) is 10.8 Å². The average Bonchev–Trinajstić information content (AvgIpc) is 2.61. The van der Waals surface area contributed by atoms with E-state index in [0.29, 0.717) is 18.5 Å². The number of aliphatic hydroxyl groups excluding tert-OH is 1. The minimum Gasteiger partial charge on any atom is -0.390 e. The van der Waals surface area contributed by atoms with Crippen molar-refractivity contribution in [1.82, 2.24) is 10.6 Å². The molecule has 2 atom stereocenters. The smallest absolute Gasteiger partial charge is 0.220 e. The normalized spacial score (nSPS) is 20.7. The number of piperidine rings is 1. The van der Waals surface area contributed by atoms with Crippen LogP contribution < -0.4 is 10.6 Å². The second kappa shape index (κ2) is 7.55. The summed E-state index contributed by atoms with van der Waals surface area (Å²) >= 11 is 0. The molecule has 0 spiro atoms. The van der Waals surface area contributed by atoms with Gasteiger partial charge in [-0.05, 0) is 23.7 Å². The molecule has 2 aromatic rings. The van der Waals surface area contributed by atoms with Crippen LogP contribution in [0.3, 0.4) is 0 Å². The van der Waals surface area contributed by atoms with E-state index in [0.717, 1.165) is 17.3 Å². The maximum Gasteiger partial charge on any atom is 0.220 e. The molecule has 1 saturated heterocycles. The molecule has 3 rings (SSSR count). The molecule has 0 aromatic heterocycles. The lowest BCUT2D eigenvalue weighted by Gasteiger charge is -2.29. The Kier molecular flexibility index (Phi) is 5.23. The zero-order chi connectivity index (χ0) is 16.9. The van der Waals surface area contributed by atoms with Crippen LogP contribution >= 0.6 is 0 Å². The molecule has 0 bridgehead atoms. The first-order chi connectivity index (χ1) is 11.6. The van der Waals surface area contributed by atoms with Crippen LogP contribution in [0, 0.1) is 0 Å². The van der Waals surface area contributed by atoms with Crippen molar-refractivity contribution in [3.63, 3.8) is 0 Å². The molecular formula is C19H22N2O3. The van der Waals surface area contributed by atoms with E-state index < -0.39 is 6.10 Å². The van der Waals surface area contributed by atoms with Crippen molar-refractivity contribution < 1.29 is 14.7 Å². The lowest BCUT2D eigenvalue weighted by atomic mass is 9.98. The van der Waals surface area contributed by atoms with Gasteiger partial charge in [0.15, 0.2) is 5.78 Å². The van der Waals surface area contributed by atoms with E-state index in [4.69, 9.17) is 0 Å². The van der Waals surface area contributed by atoms with Crippen molar-refractivity contribution >= 4 is 22.5 Å². The van der Waals surface area contributed by atoms with Crippen LogP contribution in [0.5, 0.6) is 0 Å². The van der Waals surface area contributed by atoms with Crippen molar-refractivity contribution in [1.29, 1.82) is 0 Å². The van der Waals surface area contributed by atoms with Gasteiger partial charge in [0.2, 0.25) is 5.91 Å². The van der Waals surface area contributed by atoms with Gasteiger partial charge < -0.3 is 15.7 Å². The highest BCUT2D eigenvalue weighted by molar-refractivity contribution is 6.08. The minimum atomic E-state index is -0.573. The Morgan fingerprint density at radius 1 is 1.12 bits per heavy atom. The third-order valence-electron chi connectivity index (χ3n) is 4.47. The number of amides is 1.